The number of nitrogens with zero attached hydrogens (tertiary/aromatic N) is 1. The van der Waals surface area contributed by atoms with Crippen molar-refractivity contribution in [2.24, 2.45) is 0 Å². The Kier molecular flexibility index (Phi) is 6.05. The van der Waals surface area contributed by atoms with E-state index in [9.17, 15) is 0 Å². The van der Waals surface area contributed by atoms with Gasteiger partial charge in [-0.25, -0.2) is 0 Å². The van der Waals surface area contributed by atoms with E-state index in [0.717, 1.165) is 54.7 Å². The van der Waals surface area contributed by atoms with E-state index >= 15 is 0 Å². The fraction of sp³-hybridized carbons (Fsp3) is 0.400. The molecule has 25 heavy (non-hydrogen) atoms. The number of methoxy groups -OCH3 is 2. The molecule has 1 saturated heterocycles. The first-order valence-electron chi connectivity index (χ1n) is 8.64. The van der Waals surface area contributed by atoms with E-state index in [1.807, 2.05) is 36.4 Å². The molecular weight excluding hydrogens is 336 g/mol. The van der Waals surface area contributed by atoms with Gasteiger partial charge in [-0.3, -0.25) is 4.90 Å². The Hall–Kier alpha value is -1.91. The molecule has 0 aromatic heterocycles. The number of para-hydroxylation sites is 1. The third kappa shape index (κ3) is 4.59. The molecule has 0 atom stereocenters. The Balaban J connectivity index is 1.55. The van der Waals surface area contributed by atoms with Gasteiger partial charge >= 0.3 is 0 Å². The van der Waals surface area contributed by atoms with Crippen molar-refractivity contribution in [3.8, 4) is 11.5 Å². The summed E-state index contributed by atoms with van der Waals surface area (Å²) in [6.07, 6.45) is 2.20. The number of hydrogen-bond donors (Lipinski definition) is 1. The van der Waals surface area contributed by atoms with Gasteiger partial charge in [-0.15, -0.1) is 0 Å². The first-order chi connectivity index (χ1) is 12.2. The molecule has 4 nitrogen and oxygen atoms in total. The van der Waals surface area contributed by atoms with Crippen molar-refractivity contribution in [1.29, 1.82) is 0 Å². The zero-order valence-electron chi connectivity index (χ0n) is 14.8. The van der Waals surface area contributed by atoms with E-state index in [2.05, 4.69) is 16.3 Å². The topological polar surface area (TPSA) is 33.7 Å². The molecule has 0 unspecified atom stereocenters. The normalized spacial score (nSPS) is 15.8. The minimum Gasteiger partial charge on any atom is -0.497 e. The fourth-order valence-electron chi connectivity index (χ4n) is 3.26. The van der Waals surface area contributed by atoms with Crippen LogP contribution in [0.25, 0.3) is 0 Å². The third-order valence-corrected chi connectivity index (χ3v) is 5.04. The van der Waals surface area contributed by atoms with Crippen LogP contribution in [-0.4, -0.2) is 38.3 Å². The lowest BCUT2D eigenvalue weighted by Gasteiger charge is -2.33. The minimum atomic E-state index is 0.467. The molecule has 2 aromatic carbocycles. The Labute approximate surface area is 154 Å². The van der Waals surface area contributed by atoms with Gasteiger partial charge in [-0.05, 0) is 31.0 Å². The molecule has 1 heterocycles. The first kappa shape index (κ1) is 17.9. The quantitative estimate of drug-likeness (QED) is 0.826. The lowest BCUT2D eigenvalue weighted by Crippen LogP contribution is -2.38. The number of rotatable bonds is 6. The molecule has 134 valence electrons. The lowest BCUT2D eigenvalue weighted by molar-refractivity contribution is 0.209. The van der Waals surface area contributed by atoms with E-state index in [4.69, 9.17) is 21.1 Å². The molecule has 1 N–H and O–H groups in total. The van der Waals surface area contributed by atoms with Crippen LogP contribution in [-0.2, 0) is 6.54 Å². The highest BCUT2D eigenvalue weighted by atomic mass is 35.5. The highest BCUT2D eigenvalue weighted by Gasteiger charge is 2.20. The van der Waals surface area contributed by atoms with Gasteiger partial charge in [0.25, 0.3) is 0 Å². The number of benzene rings is 2. The third-order valence-electron chi connectivity index (χ3n) is 4.71. The molecule has 0 spiro atoms. The average molecular weight is 361 g/mol. The number of anilines is 1. The summed E-state index contributed by atoms with van der Waals surface area (Å²) in [7, 11) is 3.38. The van der Waals surface area contributed by atoms with Crippen LogP contribution in [0, 0.1) is 0 Å². The van der Waals surface area contributed by atoms with Crippen molar-refractivity contribution < 1.29 is 9.47 Å². The van der Waals surface area contributed by atoms with Gasteiger partial charge in [0.2, 0.25) is 0 Å². The van der Waals surface area contributed by atoms with Crippen LogP contribution in [0.4, 0.5) is 5.69 Å². The van der Waals surface area contributed by atoms with Crippen molar-refractivity contribution in [3.63, 3.8) is 0 Å². The maximum absolute atomic E-state index is 6.24. The van der Waals surface area contributed by atoms with Crippen LogP contribution < -0.4 is 14.8 Å². The van der Waals surface area contributed by atoms with Gasteiger partial charge in [0, 0.05) is 37.3 Å². The van der Waals surface area contributed by atoms with E-state index < -0.39 is 0 Å². The Morgan fingerprint density at radius 1 is 1.08 bits per heavy atom. The summed E-state index contributed by atoms with van der Waals surface area (Å²) in [5.41, 5.74) is 2.22. The largest absolute Gasteiger partial charge is 0.497 e. The maximum atomic E-state index is 6.24. The summed E-state index contributed by atoms with van der Waals surface area (Å²) in [5, 5.41) is 4.36. The summed E-state index contributed by atoms with van der Waals surface area (Å²) in [4.78, 5) is 2.47. The van der Waals surface area contributed by atoms with E-state index in [0.29, 0.717) is 6.04 Å². The highest BCUT2D eigenvalue weighted by Crippen LogP contribution is 2.28. The van der Waals surface area contributed by atoms with Crippen molar-refractivity contribution in [1.82, 2.24) is 4.90 Å². The number of halogens is 1. The molecule has 2 aromatic rings. The fourth-order valence-corrected chi connectivity index (χ4v) is 3.45. The molecule has 0 amide bonds. The van der Waals surface area contributed by atoms with Crippen molar-refractivity contribution >= 4 is 17.3 Å². The molecule has 5 heteroatoms. The number of likely N-dealkylation sites (tertiary alicyclic amines) is 1. The van der Waals surface area contributed by atoms with Crippen LogP contribution >= 0.6 is 11.6 Å². The van der Waals surface area contributed by atoms with Gasteiger partial charge in [0.05, 0.1) is 24.9 Å². The minimum absolute atomic E-state index is 0.467. The summed E-state index contributed by atoms with van der Waals surface area (Å²) in [6, 6.07) is 14.4. The molecule has 0 aliphatic carbocycles. The summed E-state index contributed by atoms with van der Waals surface area (Å²) in [5.74, 6) is 1.71. The van der Waals surface area contributed by atoms with Gasteiger partial charge in [-0.1, -0.05) is 29.8 Å². The monoisotopic (exact) mass is 360 g/mol. The van der Waals surface area contributed by atoms with Crippen LogP contribution in [0.1, 0.15) is 18.4 Å². The van der Waals surface area contributed by atoms with E-state index in [-0.39, 0.29) is 0 Å². The molecule has 3 rings (SSSR count). The Morgan fingerprint density at radius 3 is 2.52 bits per heavy atom. The van der Waals surface area contributed by atoms with E-state index in [1.54, 1.807) is 14.2 Å². The zero-order chi connectivity index (χ0) is 17.6. The SMILES string of the molecule is COc1ccc(CN2CCC(Nc3ccccc3Cl)CC2)c(OC)c1. The zero-order valence-corrected chi connectivity index (χ0v) is 15.6. The Bertz CT molecular complexity index is 700. The number of nitrogens with one attached hydrogen (secondary N) is 1. The second-order valence-electron chi connectivity index (χ2n) is 6.35. The van der Waals surface area contributed by atoms with Crippen molar-refractivity contribution in [2.75, 3.05) is 32.6 Å². The lowest BCUT2D eigenvalue weighted by atomic mass is 10.0. The highest BCUT2D eigenvalue weighted by molar-refractivity contribution is 6.33. The number of ether oxygens (including phenoxy) is 2. The van der Waals surface area contributed by atoms with Crippen LogP contribution in [0.3, 0.4) is 0 Å². The second kappa shape index (κ2) is 8.45. The number of piperidine rings is 1. The average Bonchev–Trinajstić information content (AvgIpc) is 2.65. The van der Waals surface area contributed by atoms with Gasteiger partial charge in [-0.2, -0.15) is 0 Å². The molecule has 0 bridgehead atoms. The molecule has 0 radical (unpaired) electrons. The molecule has 1 aliphatic heterocycles. The summed E-state index contributed by atoms with van der Waals surface area (Å²) >= 11 is 6.24. The van der Waals surface area contributed by atoms with Crippen LogP contribution in [0.15, 0.2) is 42.5 Å². The standard InChI is InChI=1S/C20H25ClN2O2/c1-24-17-8-7-15(20(13-17)25-2)14-23-11-9-16(10-12-23)22-19-6-4-3-5-18(19)21/h3-8,13,16,22H,9-12,14H2,1-2H3. The van der Waals surface area contributed by atoms with Gasteiger partial charge in [0.15, 0.2) is 0 Å². The molecule has 1 aliphatic rings. The summed E-state index contributed by atoms with van der Waals surface area (Å²) < 4.78 is 10.8. The predicted octanol–water partition coefficient (Wildman–Crippen LogP) is 4.43. The smallest absolute Gasteiger partial charge is 0.127 e. The Morgan fingerprint density at radius 2 is 1.84 bits per heavy atom. The van der Waals surface area contributed by atoms with Crippen molar-refractivity contribution in [2.45, 2.75) is 25.4 Å². The maximum Gasteiger partial charge on any atom is 0.127 e. The number of hydrogen-bond acceptors (Lipinski definition) is 4. The molecular formula is C20H25ClN2O2. The van der Waals surface area contributed by atoms with Gasteiger partial charge < -0.3 is 14.8 Å². The van der Waals surface area contributed by atoms with Crippen LogP contribution in [0.2, 0.25) is 5.02 Å². The van der Waals surface area contributed by atoms with Gasteiger partial charge in [0.1, 0.15) is 11.5 Å². The van der Waals surface area contributed by atoms with Crippen LogP contribution in [0.5, 0.6) is 11.5 Å². The molecule has 0 saturated carbocycles. The second-order valence-corrected chi connectivity index (χ2v) is 6.76. The first-order valence-corrected chi connectivity index (χ1v) is 9.01. The van der Waals surface area contributed by atoms with Crippen molar-refractivity contribution in [3.05, 3.63) is 53.1 Å². The summed E-state index contributed by atoms with van der Waals surface area (Å²) in [6.45, 7) is 3.00. The van der Waals surface area contributed by atoms with E-state index in [1.165, 1.54) is 5.56 Å². The molecule has 1 fully saturated rings. The predicted molar refractivity (Wildman–Crippen MR) is 103 cm³/mol.